The molecule has 0 saturated heterocycles. The Morgan fingerprint density at radius 2 is 1.96 bits per heavy atom. The van der Waals surface area contributed by atoms with E-state index in [1.807, 2.05) is 42.6 Å². The van der Waals surface area contributed by atoms with Crippen LogP contribution in [0.3, 0.4) is 0 Å². The summed E-state index contributed by atoms with van der Waals surface area (Å²) in [6.07, 6.45) is 4.27. The molecule has 1 atom stereocenters. The molecule has 0 fully saturated rings. The normalized spacial score (nSPS) is 14.5. The Balaban J connectivity index is 1.53. The minimum absolute atomic E-state index is 0.119. The lowest BCUT2D eigenvalue weighted by Gasteiger charge is -2.15. The maximum atomic E-state index is 12.2. The SMILES string of the molecule is C[C@@H](NC(=O)COC(=O)c1csc2c1CCCC2)c1ccccc1. The standard InChI is InChI=1S/C19H21NO3S/c1-13(14-7-3-2-4-8-14)20-18(21)11-23-19(22)16-12-24-17-10-6-5-9-15(16)17/h2-4,7-8,12-13H,5-6,9-11H2,1H3,(H,20,21)/t13-/m1/s1. The van der Waals surface area contributed by atoms with Crippen molar-refractivity contribution in [1.29, 1.82) is 0 Å². The second-order valence-electron chi connectivity index (χ2n) is 6.03. The molecule has 1 heterocycles. The molecule has 24 heavy (non-hydrogen) atoms. The molecule has 0 radical (unpaired) electrons. The number of hydrogen-bond donors (Lipinski definition) is 1. The lowest BCUT2D eigenvalue weighted by atomic mass is 9.96. The molecular weight excluding hydrogens is 322 g/mol. The van der Waals surface area contributed by atoms with E-state index in [1.54, 1.807) is 11.3 Å². The zero-order valence-electron chi connectivity index (χ0n) is 13.7. The Kier molecular flexibility index (Phi) is 5.30. The Labute approximate surface area is 145 Å². The predicted octanol–water partition coefficient (Wildman–Crippen LogP) is 3.66. The van der Waals surface area contributed by atoms with Crippen molar-refractivity contribution in [1.82, 2.24) is 5.32 Å². The molecule has 3 rings (SSSR count). The zero-order chi connectivity index (χ0) is 16.9. The van der Waals surface area contributed by atoms with Gasteiger partial charge in [-0.2, -0.15) is 0 Å². The van der Waals surface area contributed by atoms with E-state index in [0.717, 1.165) is 30.4 Å². The van der Waals surface area contributed by atoms with Gasteiger partial charge in [0.25, 0.3) is 5.91 Å². The van der Waals surface area contributed by atoms with Crippen LogP contribution in [0.1, 0.15) is 52.2 Å². The molecule has 1 aliphatic rings. The topological polar surface area (TPSA) is 55.4 Å². The smallest absolute Gasteiger partial charge is 0.339 e. The molecule has 1 aliphatic carbocycles. The summed E-state index contributed by atoms with van der Waals surface area (Å²) >= 11 is 1.62. The minimum atomic E-state index is -0.392. The third-order valence-electron chi connectivity index (χ3n) is 4.29. The number of carbonyl (C=O) groups is 2. The molecule has 1 N–H and O–H groups in total. The van der Waals surface area contributed by atoms with Crippen LogP contribution in [0, 0.1) is 0 Å². The Morgan fingerprint density at radius 1 is 1.21 bits per heavy atom. The van der Waals surface area contributed by atoms with Gasteiger partial charge in [-0.15, -0.1) is 11.3 Å². The van der Waals surface area contributed by atoms with Gasteiger partial charge in [-0.05, 0) is 43.7 Å². The highest BCUT2D eigenvalue weighted by Crippen LogP contribution is 2.30. The summed E-state index contributed by atoms with van der Waals surface area (Å²) in [7, 11) is 0. The molecule has 1 aromatic carbocycles. The summed E-state index contributed by atoms with van der Waals surface area (Å²) in [6, 6.07) is 9.58. The predicted molar refractivity (Wildman–Crippen MR) is 94.2 cm³/mol. The van der Waals surface area contributed by atoms with Crippen LogP contribution in [0.5, 0.6) is 0 Å². The van der Waals surface area contributed by atoms with Gasteiger partial charge in [0.05, 0.1) is 11.6 Å². The number of thiophene rings is 1. The quantitative estimate of drug-likeness (QED) is 0.843. The molecule has 0 aliphatic heterocycles. The number of carbonyl (C=O) groups excluding carboxylic acids is 2. The van der Waals surface area contributed by atoms with Gasteiger partial charge in [-0.3, -0.25) is 4.79 Å². The van der Waals surface area contributed by atoms with E-state index in [4.69, 9.17) is 4.74 Å². The summed E-state index contributed by atoms with van der Waals surface area (Å²) in [4.78, 5) is 25.5. The van der Waals surface area contributed by atoms with Crippen LogP contribution in [0.4, 0.5) is 0 Å². The van der Waals surface area contributed by atoms with Crippen molar-refractivity contribution in [2.75, 3.05) is 6.61 Å². The van der Waals surface area contributed by atoms with Gasteiger partial charge in [0.2, 0.25) is 0 Å². The lowest BCUT2D eigenvalue weighted by Crippen LogP contribution is -2.31. The number of amides is 1. The highest BCUT2D eigenvalue weighted by molar-refractivity contribution is 7.10. The fraction of sp³-hybridized carbons (Fsp3) is 0.368. The second-order valence-corrected chi connectivity index (χ2v) is 7.00. The van der Waals surface area contributed by atoms with Crippen molar-refractivity contribution in [3.05, 3.63) is 57.3 Å². The van der Waals surface area contributed by atoms with E-state index in [9.17, 15) is 9.59 Å². The molecule has 126 valence electrons. The fourth-order valence-electron chi connectivity index (χ4n) is 2.98. The molecule has 0 saturated carbocycles. The summed E-state index contributed by atoms with van der Waals surface area (Å²) in [5.41, 5.74) is 2.78. The maximum Gasteiger partial charge on any atom is 0.339 e. The van der Waals surface area contributed by atoms with Crippen LogP contribution in [0.15, 0.2) is 35.7 Å². The third kappa shape index (κ3) is 3.85. The van der Waals surface area contributed by atoms with Crippen molar-refractivity contribution >= 4 is 23.2 Å². The van der Waals surface area contributed by atoms with Crippen LogP contribution < -0.4 is 5.32 Å². The number of ether oxygens (including phenoxy) is 1. The number of nitrogens with one attached hydrogen (secondary N) is 1. The minimum Gasteiger partial charge on any atom is -0.452 e. The summed E-state index contributed by atoms with van der Waals surface area (Å²) < 4.78 is 5.21. The molecule has 0 bridgehead atoms. The van der Waals surface area contributed by atoms with E-state index in [1.165, 1.54) is 11.3 Å². The first-order chi connectivity index (χ1) is 11.6. The number of aryl methyl sites for hydroxylation is 1. The first-order valence-corrected chi connectivity index (χ1v) is 9.14. The van der Waals surface area contributed by atoms with Crippen LogP contribution >= 0.6 is 11.3 Å². The van der Waals surface area contributed by atoms with Gasteiger partial charge in [0, 0.05) is 10.3 Å². The molecule has 1 amide bonds. The monoisotopic (exact) mass is 343 g/mol. The van der Waals surface area contributed by atoms with Gasteiger partial charge < -0.3 is 10.1 Å². The van der Waals surface area contributed by atoms with Crippen molar-refractivity contribution in [3.63, 3.8) is 0 Å². The lowest BCUT2D eigenvalue weighted by molar-refractivity contribution is -0.124. The highest BCUT2D eigenvalue weighted by atomic mass is 32.1. The summed E-state index contributed by atoms with van der Waals surface area (Å²) in [6.45, 7) is 1.66. The second kappa shape index (κ2) is 7.62. The van der Waals surface area contributed by atoms with Gasteiger partial charge in [0.1, 0.15) is 0 Å². The maximum absolute atomic E-state index is 12.2. The number of benzene rings is 1. The summed E-state index contributed by atoms with van der Waals surface area (Å²) in [5.74, 6) is -0.680. The average molecular weight is 343 g/mol. The first kappa shape index (κ1) is 16.7. The highest BCUT2D eigenvalue weighted by Gasteiger charge is 2.21. The molecule has 4 nitrogen and oxygen atoms in total. The van der Waals surface area contributed by atoms with E-state index >= 15 is 0 Å². The molecule has 5 heteroatoms. The van der Waals surface area contributed by atoms with E-state index < -0.39 is 5.97 Å². The van der Waals surface area contributed by atoms with Crippen LogP contribution in [0.25, 0.3) is 0 Å². The number of hydrogen-bond acceptors (Lipinski definition) is 4. The van der Waals surface area contributed by atoms with Crippen molar-refractivity contribution < 1.29 is 14.3 Å². The fourth-order valence-corrected chi connectivity index (χ4v) is 4.10. The third-order valence-corrected chi connectivity index (χ3v) is 5.38. The van der Waals surface area contributed by atoms with Crippen LogP contribution in [-0.4, -0.2) is 18.5 Å². The van der Waals surface area contributed by atoms with Crippen molar-refractivity contribution in [2.24, 2.45) is 0 Å². The van der Waals surface area contributed by atoms with E-state index in [0.29, 0.717) is 5.56 Å². The number of rotatable bonds is 5. The van der Waals surface area contributed by atoms with Gasteiger partial charge >= 0.3 is 5.97 Å². The molecule has 1 aromatic heterocycles. The average Bonchev–Trinajstić information content (AvgIpc) is 3.04. The summed E-state index contributed by atoms with van der Waals surface area (Å²) in [5, 5.41) is 4.71. The van der Waals surface area contributed by atoms with Gasteiger partial charge in [-0.1, -0.05) is 30.3 Å². The zero-order valence-corrected chi connectivity index (χ0v) is 14.5. The first-order valence-electron chi connectivity index (χ1n) is 8.26. The largest absolute Gasteiger partial charge is 0.452 e. The Hall–Kier alpha value is -2.14. The Bertz CT molecular complexity index is 723. The van der Waals surface area contributed by atoms with Gasteiger partial charge in [-0.25, -0.2) is 4.79 Å². The molecule has 2 aromatic rings. The van der Waals surface area contributed by atoms with Crippen molar-refractivity contribution in [3.8, 4) is 0 Å². The van der Waals surface area contributed by atoms with E-state index in [2.05, 4.69) is 5.32 Å². The Morgan fingerprint density at radius 3 is 2.75 bits per heavy atom. The van der Waals surface area contributed by atoms with E-state index in [-0.39, 0.29) is 18.6 Å². The molecule has 0 spiro atoms. The van der Waals surface area contributed by atoms with Crippen LogP contribution in [-0.2, 0) is 22.4 Å². The van der Waals surface area contributed by atoms with Gasteiger partial charge in [0.15, 0.2) is 6.61 Å². The number of fused-ring (bicyclic) bond motifs is 1. The number of esters is 1. The van der Waals surface area contributed by atoms with Crippen molar-refractivity contribution in [2.45, 2.75) is 38.6 Å². The molecule has 0 unspecified atom stereocenters. The van der Waals surface area contributed by atoms with Crippen LogP contribution in [0.2, 0.25) is 0 Å². The molecular formula is C19H21NO3S.